The van der Waals surface area contributed by atoms with Crippen LogP contribution in [-0.2, 0) is 10.3 Å². The lowest BCUT2D eigenvalue weighted by atomic mass is 9.87. The van der Waals surface area contributed by atoms with Gasteiger partial charge in [-0.05, 0) is 50.6 Å². The molecule has 1 amide bonds. The van der Waals surface area contributed by atoms with Crippen molar-refractivity contribution in [2.45, 2.75) is 36.5 Å². The third kappa shape index (κ3) is 2.72. The molecule has 1 atom stereocenters. The van der Waals surface area contributed by atoms with Crippen molar-refractivity contribution in [2.75, 3.05) is 25.4 Å². The van der Waals surface area contributed by atoms with Crippen LogP contribution in [0.1, 0.15) is 25.7 Å². The predicted molar refractivity (Wildman–Crippen MR) is 80.8 cm³/mol. The number of amides is 1. The van der Waals surface area contributed by atoms with Gasteiger partial charge in [-0.15, -0.1) is 0 Å². The van der Waals surface area contributed by atoms with Gasteiger partial charge >= 0.3 is 0 Å². The SMILES string of the molecule is O=C(NCC1CCCS1)C1(n2cccn2)CCNCC1. The average molecular weight is 294 g/mol. The molecule has 2 saturated heterocycles. The second kappa shape index (κ2) is 6.18. The maximum atomic E-state index is 12.8. The first kappa shape index (κ1) is 13.9. The summed E-state index contributed by atoms with van der Waals surface area (Å²) in [6.07, 6.45) is 7.77. The van der Waals surface area contributed by atoms with Crippen LogP contribution in [0.25, 0.3) is 0 Å². The molecule has 20 heavy (non-hydrogen) atoms. The molecule has 1 aromatic rings. The highest BCUT2D eigenvalue weighted by Gasteiger charge is 2.42. The van der Waals surface area contributed by atoms with Gasteiger partial charge in [-0.3, -0.25) is 9.48 Å². The number of nitrogens with zero attached hydrogens (tertiary/aromatic N) is 2. The third-order valence-electron chi connectivity index (χ3n) is 4.31. The molecular formula is C14H22N4OS. The van der Waals surface area contributed by atoms with Crippen LogP contribution < -0.4 is 10.6 Å². The van der Waals surface area contributed by atoms with E-state index in [9.17, 15) is 4.79 Å². The van der Waals surface area contributed by atoms with Crippen molar-refractivity contribution in [3.05, 3.63) is 18.5 Å². The minimum absolute atomic E-state index is 0.134. The van der Waals surface area contributed by atoms with E-state index in [0.29, 0.717) is 5.25 Å². The normalized spacial score (nSPS) is 25.5. The fourth-order valence-corrected chi connectivity index (χ4v) is 4.30. The van der Waals surface area contributed by atoms with E-state index >= 15 is 0 Å². The quantitative estimate of drug-likeness (QED) is 0.869. The van der Waals surface area contributed by atoms with E-state index < -0.39 is 5.54 Å². The van der Waals surface area contributed by atoms with Crippen LogP contribution in [0.2, 0.25) is 0 Å². The predicted octanol–water partition coefficient (Wildman–Crippen LogP) is 0.974. The highest BCUT2D eigenvalue weighted by Crippen LogP contribution is 2.28. The van der Waals surface area contributed by atoms with Crippen LogP contribution in [0.5, 0.6) is 0 Å². The Morgan fingerprint density at radius 3 is 3.00 bits per heavy atom. The molecule has 2 aliphatic heterocycles. The number of aromatic nitrogens is 2. The maximum Gasteiger partial charge on any atom is 0.248 e. The Bertz CT molecular complexity index is 436. The number of carbonyl (C=O) groups excluding carboxylic acids is 1. The Kier molecular flexibility index (Phi) is 4.31. The molecule has 3 heterocycles. The summed E-state index contributed by atoms with van der Waals surface area (Å²) in [5, 5.41) is 11.4. The topological polar surface area (TPSA) is 59.0 Å². The molecule has 0 bridgehead atoms. The van der Waals surface area contributed by atoms with Crippen LogP contribution in [0, 0.1) is 0 Å². The molecule has 110 valence electrons. The molecule has 1 unspecified atom stereocenters. The van der Waals surface area contributed by atoms with Gasteiger partial charge in [0.05, 0.1) is 0 Å². The van der Waals surface area contributed by atoms with Gasteiger partial charge in [0.25, 0.3) is 0 Å². The molecule has 2 fully saturated rings. The zero-order valence-corrected chi connectivity index (χ0v) is 12.5. The van der Waals surface area contributed by atoms with Gasteiger partial charge < -0.3 is 10.6 Å². The lowest BCUT2D eigenvalue weighted by molar-refractivity contribution is -0.132. The fraction of sp³-hybridized carbons (Fsp3) is 0.714. The monoisotopic (exact) mass is 294 g/mol. The Hall–Kier alpha value is -1.01. The van der Waals surface area contributed by atoms with E-state index in [0.717, 1.165) is 32.5 Å². The van der Waals surface area contributed by atoms with Crippen molar-refractivity contribution in [1.29, 1.82) is 0 Å². The number of hydrogen-bond donors (Lipinski definition) is 2. The summed E-state index contributed by atoms with van der Waals surface area (Å²) in [5.74, 6) is 1.37. The molecule has 0 aromatic carbocycles. The first-order valence-corrected chi connectivity index (χ1v) is 8.47. The Balaban J connectivity index is 1.70. The number of hydrogen-bond acceptors (Lipinski definition) is 4. The fourth-order valence-electron chi connectivity index (χ4n) is 3.10. The largest absolute Gasteiger partial charge is 0.353 e. The highest BCUT2D eigenvalue weighted by molar-refractivity contribution is 8.00. The molecule has 0 spiro atoms. The van der Waals surface area contributed by atoms with E-state index in [1.165, 1.54) is 18.6 Å². The van der Waals surface area contributed by atoms with Gasteiger partial charge in [-0.2, -0.15) is 16.9 Å². The number of carbonyl (C=O) groups is 1. The van der Waals surface area contributed by atoms with Gasteiger partial charge in [0.2, 0.25) is 5.91 Å². The Labute approximate surface area is 123 Å². The summed E-state index contributed by atoms with van der Waals surface area (Å²) in [4.78, 5) is 12.8. The minimum atomic E-state index is -0.502. The molecule has 5 nitrogen and oxygen atoms in total. The first-order valence-electron chi connectivity index (χ1n) is 7.42. The molecular weight excluding hydrogens is 272 g/mol. The molecule has 6 heteroatoms. The van der Waals surface area contributed by atoms with E-state index in [2.05, 4.69) is 15.7 Å². The lowest BCUT2D eigenvalue weighted by Gasteiger charge is -2.36. The molecule has 2 aliphatic rings. The van der Waals surface area contributed by atoms with Crippen LogP contribution >= 0.6 is 11.8 Å². The van der Waals surface area contributed by atoms with E-state index in [1.54, 1.807) is 6.20 Å². The van der Waals surface area contributed by atoms with Crippen molar-refractivity contribution < 1.29 is 4.79 Å². The summed E-state index contributed by atoms with van der Waals surface area (Å²) < 4.78 is 1.85. The maximum absolute atomic E-state index is 12.8. The Morgan fingerprint density at radius 2 is 2.35 bits per heavy atom. The second-order valence-electron chi connectivity index (χ2n) is 5.58. The zero-order chi connectivity index (χ0) is 13.8. The number of thioether (sulfide) groups is 1. The Morgan fingerprint density at radius 1 is 1.50 bits per heavy atom. The van der Waals surface area contributed by atoms with Gasteiger partial charge in [0.15, 0.2) is 0 Å². The number of rotatable bonds is 4. The standard InChI is InChI=1S/C14H22N4OS/c19-13(16-11-12-3-1-10-20-12)14(4-7-15-8-5-14)18-9-2-6-17-18/h2,6,9,12,15H,1,3-5,7-8,10-11H2,(H,16,19). The highest BCUT2D eigenvalue weighted by atomic mass is 32.2. The lowest BCUT2D eigenvalue weighted by Crippen LogP contribution is -2.55. The van der Waals surface area contributed by atoms with Crippen LogP contribution in [0.4, 0.5) is 0 Å². The summed E-state index contributed by atoms with van der Waals surface area (Å²) in [6.45, 7) is 2.52. The van der Waals surface area contributed by atoms with Gasteiger partial charge in [-0.1, -0.05) is 0 Å². The van der Waals surface area contributed by atoms with Crippen molar-refractivity contribution >= 4 is 17.7 Å². The molecule has 3 rings (SSSR count). The molecule has 0 aliphatic carbocycles. The van der Waals surface area contributed by atoms with E-state index in [4.69, 9.17) is 0 Å². The van der Waals surface area contributed by atoms with E-state index in [-0.39, 0.29) is 5.91 Å². The molecule has 1 aromatic heterocycles. The molecule has 0 saturated carbocycles. The summed E-state index contributed by atoms with van der Waals surface area (Å²) in [7, 11) is 0. The van der Waals surface area contributed by atoms with Crippen LogP contribution in [-0.4, -0.2) is 46.3 Å². The second-order valence-corrected chi connectivity index (χ2v) is 6.99. The summed E-state index contributed by atoms with van der Waals surface area (Å²) in [5.41, 5.74) is -0.502. The van der Waals surface area contributed by atoms with Gasteiger partial charge in [0.1, 0.15) is 5.54 Å². The van der Waals surface area contributed by atoms with Crippen molar-refractivity contribution in [1.82, 2.24) is 20.4 Å². The smallest absolute Gasteiger partial charge is 0.248 e. The molecule has 0 radical (unpaired) electrons. The van der Waals surface area contributed by atoms with E-state index in [1.807, 2.05) is 28.7 Å². The third-order valence-corrected chi connectivity index (χ3v) is 5.71. The van der Waals surface area contributed by atoms with Crippen molar-refractivity contribution in [2.24, 2.45) is 0 Å². The number of piperidine rings is 1. The van der Waals surface area contributed by atoms with Crippen molar-refractivity contribution in [3.63, 3.8) is 0 Å². The van der Waals surface area contributed by atoms with Crippen LogP contribution in [0.15, 0.2) is 18.5 Å². The van der Waals surface area contributed by atoms with Gasteiger partial charge in [-0.25, -0.2) is 0 Å². The average Bonchev–Trinajstić information content (AvgIpc) is 3.18. The first-order chi connectivity index (χ1) is 9.81. The van der Waals surface area contributed by atoms with Gasteiger partial charge in [0, 0.05) is 24.2 Å². The summed E-state index contributed by atoms with van der Waals surface area (Å²) >= 11 is 1.98. The zero-order valence-electron chi connectivity index (χ0n) is 11.7. The molecule has 2 N–H and O–H groups in total. The van der Waals surface area contributed by atoms with Crippen LogP contribution in [0.3, 0.4) is 0 Å². The number of nitrogens with one attached hydrogen (secondary N) is 2. The minimum Gasteiger partial charge on any atom is -0.353 e. The van der Waals surface area contributed by atoms with Crippen molar-refractivity contribution in [3.8, 4) is 0 Å². The summed E-state index contributed by atoms with van der Waals surface area (Å²) in [6, 6.07) is 1.89.